The molecule has 0 aromatic heterocycles. The fraction of sp³-hybridized carbons (Fsp3) is 0.462. The summed E-state index contributed by atoms with van der Waals surface area (Å²) < 4.78 is 5.50. The van der Waals surface area contributed by atoms with Crippen LogP contribution in [0.25, 0.3) is 0 Å². The lowest BCUT2D eigenvalue weighted by molar-refractivity contribution is -0.138. The van der Waals surface area contributed by atoms with E-state index < -0.39 is 5.97 Å². The molecule has 0 aliphatic rings. The van der Waals surface area contributed by atoms with Crippen molar-refractivity contribution in [3.63, 3.8) is 0 Å². The van der Waals surface area contributed by atoms with E-state index in [1.54, 1.807) is 11.9 Å². The predicted molar refractivity (Wildman–Crippen MR) is 65.8 cm³/mol. The van der Waals surface area contributed by atoms with E-state index in [-0.39, 0.29) is 6.54 Å². The van der Waals surface area contributed by atoms with Crippen molar-refractivity contribution in [2.45, 2.75) is 13.0 Å². The van der Waals surface area contributed by atoms with Crippen molar-refractivity contribution in [3.8, 4) is 0 Å². The molecule has 0 heterocycles. The molecule has 0 amide bonds. The Morgan fingerprint density at radius 3 is 2.71 bits per heavy atom. The summed E-state index contributed by atoms with van der Waals surface area (Å²) in [4.78, 5) is 12.2. The van der Waals surface area contributed by atoms with Crippen molar-refractivity contribution < 1.29 is 14.6 Å². The molecule has 0 saturated carbocycles. The second-order valence-corrected chi connectivity index (χ2v) is 4.02. The molecule has 1 rings (SSSR count). The summed E-state index contributed by atoms with van der Waals surface area (Å²) in [5.41, 5.74) is 1.16. The van der Waals surface area contributed by atoms with Crippen LogP contribution in [0.15, 0.2) is 30.3 Å². The van der Waals surface area contributed by atoms with Crippen LogP contribution in [0.2, 0.25) is 0 Å². The molecule has 0 aliphatic carbocycles. The van der Waals surface area contributed by atoms with Gasteiger partial charge < -0.3 is 9.84 Å². The van der Waals surface area contributed by atoms with Crippen LogP contribution in [0.4, 0.5) is 0 Å². The van der Waals surface area contributed by atoms with E-state index in [1.807, 2.05) is 30.3 Å². The molecule has 4 nitrogen and oxygen atoms in total. The minimum atomic E-state index is -0.794. The highest BCUT2D eigenvalue weighted by Gasteiger charge is 2.03. The summed E-state index contributed by atoms with van der Waals surface area (Å²) in [6.07, 6.45) is 0.844. The lowest BCUT2D eigenvalue weighted by Gasteiger charge is -2.13. The molecule has 0 aliphatic heterocycles. The predicted octanol–water partition coefficient (Wildman–Crippen LogP) is 1.61. The van der Waals surface area contributed by atoms with Crippen LogP contribution in [-0.4, -0.2) is 42.7 Å². The van der Waals surface area contributed by atoms with E-state index in [0.29, 0.717) is 13.2 Å². The summed E-state index contributed by atoms with van der Waals surface area (Å²) in [7, 11) is 1.80. The third kappa shape index (κ3) is 6.71. The molecule has 1 aromatic carbocycles. The molecule has 0 saturated heterocycles. The number of carboxylic acids is 1. The number of aliphatic carboxylic acids is 1. The Morgan fingerprint density at radius 2 is 2.06 bits per heavy atom. The van der Waals surface area contributed by atoms with Gasteiger partial charge in [-0.3, -0.25) is 9.69 Å². The highest BCUT2D eigenvalue weighted by Crippen LogP contribution is 2.00. The molecular formula is C13H19NO3. The Kier molecular flexibility index (Phi) is 6.29. The van der Waals surface area contributed by atoms with Crippen molar-refractivity contribution in [1.82, 2.24) is 4.90 Å². The Hall–Kier alpha value is -1.39. The summed E-state index contributed by atoms with van der Waals surface area (Å²) in [6.45, 7) is 2.09. The van der Waals surface area contributed by atoms with E-state index in [9.17, 15) is 4.79 Å². The van der Waals surface area contributed by atoms with Gasteiger partial charge >= 0.3 is 5.97 Å². The van der Waals surface area contributed by atoms with Gasteiger partial charge in [-0.25, -0.2) is 0 Å². The number of nitrogens with zero attached hydrogens (tertiary/aromatic N) is 1. The van der Waals surface area contributed by atoms with Crippen molar-refractivity contribution in [3.05, 3.63) is 35.9 Å². The lowest BCUT2D eigenvalue weighted by Crippen LogP contribution is -2.27. The molecule has 94 valence electrons. The maximum Gasteiger partial charge on any atom is 0.317 e. The van der Waals surface area contributed by atoms with E-state index in [2.05, 4.69) is 0 Å². The minimum Gasteiger partial charge on any atom is -0.480 e. The van der Waals surface area contributed by atoms with Gasteiger partial charge in [-0.05, 0) is 19.0 Å². The van der Waals surface area contributed by atoms with Crippen molar-refractivity contribution >= 4 is 5.97 Å². The van der Waals surface area contributed by atoms with Crippen LogP contribution in [0.3, 0.4) is 0 Å². The van der Waals surface area contributed by atoms with Crippen LogP contribution in [0.5, 0.6) is 0 Å². The quantitative estimate of drug-likeness (QED) is 0.698. The third-order valence-corrected chi connectivity index (χ3v) is 2.35. The van der Waals surface area contributed by atoms with E-state index in [1.165, 1.54) is 0 Å². The Labute approximate surface area is 102 Å². The van der Waals surface area contributed by atoms with Crippen LogP contribution in [0.1, 0.15) is 12.0 Å². The minimum absolute atomic E-state index is 0.0820. The zero-order valence-corrected chi connectivity index (χ0v) is 10.1. The van der Waals surface area contributed by atoms with Gasteiger partial charge in [0.1, 0.15) is 0 Å². The second-order valence-electron chi connectivity index (χ2n) is 4.02. The van der Waals surface area contributed by atoms with Crippen molar-refractivity contribution in [2.24, 2.45) is 0 Å². The van der Waals surface area contributed by atoms with Crippen LogP contribution in [-0.2, 0) is 16.1 Å². The van der Waals surface area contributed by atoms with E-state index in [0.717, 1.165) is 18.5 Å². The van der Waals surface area contributed by atoms with Crippen molar-refractivity contribution in [2.75, 3.05) is 26.7 Å². The Morgan fingerprint density at radius 1 is 1.35 bits per heavy atom. The highest BCUT2D eigenvalue weighted by molar-refractivity contribution is 5.68. The van der Waals surface area contributed by atoms with Gasteiger partial charge in [0.25, 0.3) is 0 Å². The van der Waals surface area contributed by atoms with Gasteiger partial charge in [-0.15, -0.1) is 0 Å². The van der Waals surface area contributed by atoms with E-state index in [4.69, 9.17) is 9.84 Å². The summed E-state index contributed by atoms with van der Waals surface area (Å²) in [5, 5.41) is 8.56. The molecule has 0 unspecified atom stereocenters. The largest absolute Gasteiger partial charge is 0.480 e. The molecule has 4 heteroatoms. The number of hydrogen-bond acceptors (Lipinski definition) is 3. The number of ether oxygens (including phenoxy) is 1. The number of carbonyl (C=O) groups is 1. The normalized spacial score (nSPS) is 10.7. The van der Waals surface area contributed by atoms with Gasteiger partial charge in [0.15, 0.2) is 0 Å². The molecule has 0 bridgehead atoms. The summed E-state index contributed by atoms with van der Waals surface area (Å²) in [6, 6.07) is 10.00. The molecule has 0 atom stereocenters. The van der Waals surface area contributed by atoms with Crippen molar-refractivity contribution in [1.29, 1.82) is 0 Å². The SMILES string of the molecule is CN(CCCOCc1ccccc1)CC(=O)O. The van der Waals surface area contributed by atoms with Crippen LogP contribution in [0, 0.1) is 0 Å². The average Bonchev–Trinajstić information content (AvgIpc) is 2.29. The first-order chi connectivity index (χ1) is 8.18. The first-order valence-corrected chi connectivity index (χ1v) is 5.70. The number of hydrogen-bond donors (Lipinski definition) is 1. The average molecular weight is 237 g/mol. The number of benzene rings is 1. The topological polar surface area (TPSA) is 49.8 Å². The smallest absolute Gasteiger partial charge is 0.317 e. The molecule has 0 radical (unpaired) electrons. The zero-order chi connectivity index (χ0) is 12.5. The third-order valence-electron chi connectivity index (χ3n) is 2.35. The maximum absolute atomic E-state index is 10.4. The maximum atomic E-state index is 10.4. The Balaban J connectivity index is 2.03. The van der Waals surface area contributed by atoms with Gasteiger partial charge in [-0.1, -0.05) is 30.3 Å². The lowest BCUT2D eigenvalue weighted by atomic mass is 10.2. The first kappa shape index (κ1) is 13.7. The van der Waals surface area contributed by atoms with Gasteiger partial charge in [-0.2, -0.15) is 0 Å². The molecular weight excluding hydrogens is 218 g/mol. The van der Waals surface area contributed by atoms with Crippen LogP contribution >= 0.6 is 0 Å². The molecule has 1 N–H and O–H groups in total. The zero-order valence-electron chi connectivity index (χ0n) is 10.1. The first-order valence-electron chi connectivity index (χ1n) is 5.70. The molecule has 1 aromatic rings. The van der Waals surface area contributed by atoms with E-state index >= 15 is 0 Å². The number of carboxylic acid groups (broad SMARTS) is 1. The Bertz CT molecular complexity index is 327. The van der Waals surface area contributed by atoms with Gasteiger partial charge in [0.2, 0.25) is 0 Å². The molecule has 17 heavy (non-hydrogen) atoms. The fourth-order valence-electron chi connectivity index (χ4n) is 1.51. The second kappa shape index (κ2) is 7.81. The van der Waals surface area contributed by atoms with Gasteiger partial charge in [0.05, 0.1) is 13.2 Å². The highest BCUT2D eigenvalue weighted by atomic mass is 16.5. The van der Waals surface area contributed by atoms with Crippen LogP contribution < -0.4 is 0 Å². The summed E-state index contributed by atoms with van der Waals surface area (Å²) >= 11 is 0. The van der Waals surface area contributed by atoms with Gasteiger partial charge in [0, 0.05) is 13.2 Å². The summed E-state index contributed by atoms with van der Waals surface area (Å²) in [5.74, 6) is -0.794. The molecule has 0 spiro atoms. The molecule has 0 fully saturated rings. The monoisotopic (exact) mass is 237 g/mol. The standard InChI is InChI=1S/C13H19NO3/c1-14(10-13(15)16)8-5-9-17-11-12-6-3-2-4-7-12/h2-4,6-7H,5,8-11H2,1H3,(H,15,16). The fourth-order valence-corrected chi connectivity index (χ4v) is 1.51. The number of rotatable bonds is 8. The number of likely N-dealkylation sites (N-methyl/N-ethyl adjacent to an activating group) is 1.